The fourth-order valence-electron chi connectivity index (χ4n) is 3.44. The van der Waals surface area contributed by atoms with Gasteiger partial charge in [-0.1, -0.05) is 26.0 Å². The number of carbonyl (C=O) groups is 2. The molecule has 7 nitrogen and oxygen atoms in total. The van der Waals surface area contributed by atoms with Crippen molar-refractivity contribution in [3.05, 3.63) is 66.7 Å². The molecule has 1 aromatic carbocycles. The van der Waals surface area contributed by atoms with Crippen molar-refractivity contribution in [2.45, 2.75) is 19.9 Å². The highest BCUT2D eigenvalue weighted by Crippen LogP contribution is 2.26. The lowest BCUT2D eigenvalue weighted by molar-refractivity contribution is -0.123. The fourth-order valence-corrected chi connectivity index (χ4v) is 3.44. The maximum absolute atomic E-state index is 12.5. The predicted octanol–water partition coefficient (Wildman–Crippen LogP) is 3.99. The number of rotatable bonds is 6. The molecule has 4 aromatic rings. The van der Waals surface area contributed by atoms with Crippen LogP contribution in [-0.2, 0) is 4.79 Å². The summed E-state index contributed by atoms with van der Waals surface area (Å²) in [6.45, 7) is 3.74. The Labute approximate surface area is 179 Å². The average Bonchev–Trinajstić information content (AvgIpc) is 3.46. The standard InChI is InChI=1S/C24H24N4O3/c1-14(2)22(24(30)25-3)28-23(29)21-9-8-20(31-21)19-7-5-17(13-27-19)15-4-6-18-16(12-15)10-11-26-18/h4-14,22,26H,1-3H3,(H,25,30)(H,28,29)/t22-/m0/s1. The van der Waals surface area contributed by atoms with Gasteiger partial charge in [-0.3, -0.25) is 14.6 Å². The molecule has 3 aromatic heterocycles. The van der Waals surface area contributed by atoms with Gasteiger partial charge >= 0.3 is 0 Å². The smallest absolute Gasteiger partial charge is 0.287 e. The maximum atomic E-state index is 12.5. The highest BCUT2D eigenvalue weighted by atomic mass is 16.4. The zero-order valence-electron chi connectivity index (χ0n) is 17.6. The first-order chi connectivity index (χ1) is 15.0. The Balaban J connectivity index is 1.50. The van der Waals surface area contributed by atoms with Crippen LogP contribution in [-0.4, -0.2) is 34.9 Å². The third kappa shape index (κ3) is 4.21. The van der Waals surface area contributed by atoms with E-state index in [4.69, 9.17) is 4.42 Å². The number of furan rings is 1. The maximum Gasteiger partial charge on any atom is 0.287 e. The third-order valence-electron chi connectivity index (χ3n) is 5.21. The fraction of sp³-hybridized carbons (Fsp3) is 0.208. The molecule has 3 heterocycles. The Kier molecular flexibility index (Phi) is 5.58. The van der Waals surface area contributed by atoms with E-state index in [0.29, 0.717) is 11.5 Å². The number of nitrogens with zero attached hydrogens (tertiary/aromatic N) is 1. The largest absolute Gasteiger partial charge is 0.449 e. The summed E-state index contributed by atoms with van der Waals surface area (Å²) in [7, 11) is 1.54. The summed E-state index contributed by atoms with van der Waals surface area (Å²) in [5.41, 5.74) is 3.77. The number of aromatic amines is 1. The summed E-state index contributed by atoms with van der Waals surface area (Å²) >= 11 is 0. The van der Waals surface area contributed by atoms with Crippen LogP contribution in [0.1, 0.15) is 24.4 Å². The number of H-pyrrole nitrogens is 1. The van der Waals surface area contributed by atoms with Crippen LogP contribution in [0.3, 0.4) is 0 Å². The zero-order chi connectivity index (χ0) is 22.0. The normalized spacial score (nSPS) is 12.1. The Morgan fingerprint density at radius 2 is 1.84 bits per heavy atom. The highest BCUT2D eigenvalue weighted by molar-refractivity contribution is 5.96. The summed E-state index contributed by atoms with van der Waals surface area (Å²) in [5, 5.41) is 6.43. The molecule has 0 saturated heterocycles. The van der Waals surface area contributed by atoms with Gasteiger partial charge in [0.25, 0.3) is 5.91 Å². The lowest BCUT2D eigenvalue weighted by atomic mass is 10.0. The first-order valence-electron chi connectivity index (χ1n) is 10.1. The molecule has 0 saturated carbocycles. The SMILES string of the molecule is CNC(=O)[C@@H](NC(=O)c1ccc(-c2ccc(-c3ccc4[nH]ccc4c3)cn2)o1)C(C)C. The minimum Gasteiger partial charge on any atom is -0.449 e. The van der Waals surface area contributed by atoms with Gasteiger partial charge in [0.1, 0.15) is 11.7 Å². The topological polar surface area (TPSA) is 100 Å². The molecular weight excluding hydrogens is 392 g/mol. The van der Waals surface area contributed by atoms with Crippen molar-refractivity contribution in [2.75, 3.05) is 7.05 Å². The van der Waals surface area contributed by atoms with Crippen LogP contribution in [0.2, 0.25) is 0 Å². The molecule has 3 N–H and O–H groups in total. The average molecular weight is 416 g/mol. The van der Waals surface area contributed by atoms with E-state index in [-0.39, 0.29) is 17.6 Å². The summed E-state index contributed by atoms with van der Waals surface area (Å²) in [4.78, 5) is 32.2. The van der Waals surface area contributed by atoms with Crippen LogP contribution in [0.4, 0.5) is 0 Å². The van der Waals surface area contributed by atoms with E-state index in [1.807, 2.05) is 50.4 Å². The summed E-state index contributed by atoms with van der Waals surface area (Å²) in [6.07, 6.45) is 3.70. The number of amides is 2. The summed E-state index contributed by atoms with van der Waals surface area (Å²) in [6, 6.07) is 14.7. The number of hydrogen-bond donors (Lipinski definition) is 3. The van der Waals surface area contributed by atoms with Crippen LogP contribution >= 0.6 is 0 Å². The Morgan fingerprint density at radius 3 is 2.55 bits per heavy atom. The van der Waals surface area contributed by atoms with Crippen molar-refractivity contribution >= 4 is 22.7 Å². The van der Waals surface area contributed by atoms with Crippen LogP contribution in [0, 0.1) is 5.92 Å². The molecule has 0 spiro atoms. The minimum atomic E-state index is -0.638. The molecule has 0 aliphatic carbocycles. The van der Waals surface area contributed by atoms with E-state index in [0.717, 1.165) is 22.0 Å². The molecule has 0 fully saturated rings. The first kappa shape index (κ1) is 20.4. The minimum absolute atomic E-state index is 0.0574. The monoisotopic (exact) mass is 416 g/mol. The second-order valence-corrected chi connectivity index (χ2v) is 7.69. The van der Waals surface area contributed by atoms with Crippen molar-refractivity contribution in [3.8, 4) is 22.6 Å². The van der Waals surface area contributed by atoms with Crippen LogP contribution in [0.5, 0.6) is 0 Å². The second-order valence-electron chi connectivity index (χ2n) is 7.69. The molecule has 4 rings (SSSR count). The van der Waals surface area contributed by atoms with E-state index in [1.54, 1.807) is 25.4 Å². The van der Waals surface area contributed by atoms with Crippen molar-refractivity contribution < 1.29 is 14.0 Å². The molecule has 2 amide bonds. The predicted molar refractivity (Wildman–Crippen MR) is 119 cm³/mol. The van der Waals surface area contributed by atoms with Gasteiger partial charge in [-0.15, -0.1) is 0 Å². The molecule has 1 atom stereocenters. The van der Waals surface area contributed by atoms with Crippen LogP contribution in [0.25, 0.3) is 33.5 Å². The first-order valence-corrected chi connectivity index (χ1v) is 10.1. The van der Waals surface area contributed by atoms with Crippen LogP contribution in [0.15, 0.2) is 65.3 Å². The molecule has 0 radical (unpaired) electrons. The van der Waals surface area contributed by atoms with Gasteiger partial charge < -0.3 is 20.0 Å². The van der Waals surface area contributed by atoms with Gasteiger partial charge in [-0.25, -0.2) is 0 Å². The quantitative estimate of drug-likeness (QED) is 0.442. The lowest BCUT2D eigenvalue weighted by Gasteiger charge is -2.19. The van der Waals surface area contributed by atoms with Crippen molar-refractivity contribution in [1.29, 1.82) is 0 Å². The lowest BCUT2D eigenvalue weighted by Crippen LogP contribution is -2.48. The second kappa shape index (κ2) is 8.47. The van der Waals surface area contributed by atoms with Crippen molar-refractivity contribution in [3.63, 3.8) is 0 Å². The highest BCUT2D eigenvalue weighted by Gasteiger charge is 2.25. The molecule has 0 aliphatic rings. The molecule has 158 valence electrons. The molecule has 31 heavy (non-hydrogen) atoms. The number of nitrogens with one attached hydrogen (secondary N) is 3. The van der Waals surface area contributed by atoms with Gasteiger partial charge in [0.15, 0.2) is 11.5 Å². The van der Waals surface area contributed by atoms with E-state index in [2.05, 4.69) is 26.7 Å². The molecular formula is C24H24N4O3. The van der Waals surface area contributed by atoms with Gasteiger partial charge in [-0.2, -0.15) is 0 Å². The molecule has 0 aliphatic heterocycles. The van der Waals surface area contributed by atoms with Gasteiger partial charge in [0.05, 0.1) is 0 Å². The van der Waals surface area contributed by atoms with Gasteiger partial charge in [-0.05, 0) is 53.3 Å². The molecule has 7 heteroatoms. The number of aromatic nitrogens is 2. The number of pyridine rings is 1. The molecule has 0 unspecified atom stereocenters. The van der Waals surface area contributed by atoms with Gasteiger partial charge in [0, 0.05) is 30.5 Å². The van der Waals surface area contributed by atoms with E-state index >= 15 is 0 Å². The zero-order valence-corrected chi connectivity index (χ0v) is 17.6. The number of hydrogen-bond acceptors (Lipinski definition) is 4. The summed E-state index contributed by atoms with van der Waals surface area (Å²) < 4.78 is 5.71. The number of carbonyl (C=O) groups excluding carboxylic acids is 2. The van der Waals surface area contributed by atoms with Crippen LogP contribution < -0.4 is 10.6 Å². The number of likely N-dealkylation sites (N-methyl/N-ethyl adjacent to an activating group) is 1. The molecule has 0 bridgehead atoms. The van der Waals surface area contributed by atoms with E-state index < -0.39 is 11.9 Å². The van der Waals surface area contributed by atoms with Crippen molar-refractivity contribution in [1.82, 2.24) is 20.6 Å². The Hall–Kier alpha value is -3.87. The Bertz CT molecular complexity index is 1220. The van der Waals surface area contributed by atoms with E-state index in [1.165, 1.54) is 0 Å². The summed E-state index contributed by atoms with van der Waals surface area (Å²) in [5.74, 6) is -0.125. The number of fused-ring (bicyclic) bond motifs is 1. The van der Waals surface area contributed by atoms with Crippen molar-refractivity contribution in [2.24, 2.45) is 5.92 Å². The van der Waals surface area contributed by atoms with Gasteiger partial charge in [0.2, 0.25) is 5.91 Å². The Morgan fingerprint density at radius 1 is 1.03 bits per heavy atom. The third-order valence-corrected chi connectivity index (χ3v) is 5.21. The number of benzene rings is 1. The van der Waals surface area contributed by atoms with E-state index in [9.17, 15) is 9.59 Å².